The van der Waals surface area contributed by atoms with Gasteiger partial charge in [0.2, 0.25) is 5.95 Å². The minimum atomic E-state index is -0.225. The van der Waals surface area contributed by atoms with Crippen LogP contribution in [0.15, 0.2) is 84.6 Å². The van der Waals surface area contributed by atoms with E-state index in [1.54, 1.807) is 40.1 Å². The van der Waals surface area contributed by atoms with Crippen molar-refractivity contribution >= 4 is 28.4 Å². The Balaban J connectivity index is 1.30. The Hall–Kier alpha value is -4.90. The highest BCUT2D eigenvalue weighted by atomic mass is 16.1. The number of nitrogens with one attached hydrogen (secondary N) is 1. The maximum absolute atomic E-state index is 13.3. The van der Waals surface area contributed by atoms with Crippen LogP contribution >= 0.6 is 0 Å². The van der Waals surface area contributed by atoms with E-state index in [1.807, 2.05) is 30.3 Å². The van der Waals surface area contributed by atoms with Gasteiger partial charge >= 0.3 is 0 Å². The number of benzene rings is 1. The summed E-state index contributed by atoms with van der Waals surface area (Å²) in [6.07, 6.45) is 6.55. The van der Waals surface area contributed by atoms with Crippen molar-refractivity contribution in [1.29, 1.82) is 0 Å². The van der Waals surface area contributed by atoms with Gasteiger partial charge in [0, 0.05) is 62.2 Å². The Bertz CT molecular complexity index is 1720. The Morgan fingerprint density at radius 2 is 1.71 bits per heavy atom. The molecule has 41 heavy (non-hydrogen) atoms. The number of pyridine rings is 1. The summed E-state index contributed by atoms with van der Waals surface area (Å²) in [5.41, 5.74) is 2.85. The van der Waals surface area contributed by atoms with Crippen molar-refractivity contribution in [2.24, 2.45) is 0 Å². The molecule has 1 N–H and O–H groups in total. The second-order valence-electron chi connectivity index (χ2n) is 10.2. The third kappa shape index (κ3) is 5.31. The quantitative estimate of drug-likeness (QED) is 0.289. The van der Waals surface area contributed by atoms with Crippen LogP contribution in [0.1, 0.15) is 13.8 Å². The number of piperazine rings is 1. The summed E-state index contributed by atoms with van der Waals surface area (Å²) in [4.78, 5) is 40.8. The fourth-order valence-corrected chi connectivity index (χ4v) is 5.09. The van der Waals surface area contributed by atoms with Gasteiger partial charge in [-0.2, -0.15) is 4.98 Å². The van der Waals surface area contributed by atoms with E-state index in [1.165, 1.54) is 5.69 Å². The Labute approximate surface area is 237 Å². The zero-order chi connectivity index (χ0) is 28.3. The molecule has 5 heterocycles. The van der Waals surface area contributed by atoms with E-state index >= 15 is 0 Å². The molecule has 0 aliphatic carbocycles. The number of hydrogen-bond acceptors (Lipinski definition) is 9. The third-order valence-corrected chi connectivity index (χ3v) is 7.26. The molecule has 0 unspecified atom stereocenters. The molecule has 11 nitrogen and oxygen atoms in total. The van der Waals surface area contributed by atoms with Gasteiger partial charge in [-0.25, -0.2) is 29.3 Å². The molecule has 6 rings (SSSR count). The average molecular weight is 549 g/mol. The van der Waals surface area contributed by atoms with E-state index in [4.69, 9.17) is 9.97 Å². The van der Waals surface area contributed by atoms with Crippen LogP contribution in [-0.4, -0.2) is 71.4 Å². The number of rotatable bonds is 8. The Kier molecular flexibility index (Phi) is 7.26. The van der Waals surface area contributed by atoms with Gasteiger partial charge < -0.3 is 10.2 Å². The molecule has 0 amide bonds. The lowest BCUT2D eigenvalue weighted by Crippen LogP contribution is -2.48. The third-order valence-electron chi connectivity index (χ3n) is 7.26. The second-order valence-corrected chi connectivity index (χ2v) is 10.2. The molecule has 4 aromatic heterocycles. The topological polar surface area (TPSA) is 110 Å². The zero-order valence-corrected chi connectivity index (χ0v) is 23.2. The summed E-state index contributed by atoms with van der Waals surface area (Å²) in [6, 6.07) is 16.1. The van der Waals surface area contributed by atoms with Gasteiger partial charge in [0.15, 0.2) is 17.3 Å². The fourth-order valence-electron chi connectivity index (χ4n) is 5.09. The summed E-state index contributed by atoms with van der Waals surface area (Å²) in [5, 5.41) is 3.68. The lowest BCUT2D eigenvalue weighted by molar-refractivity contribution is 0.209. The molecule has 0 bridgehead atoms. The molecule has 11 heteroatoms. The maximum atomic E-state index is 13.3. The number of nitrogens with zero attached hydrogens (tertiary/aromatic N) is 9. The van der Waals surface area contributed by atoms with E-state index in [0.29, 0.717) is 40.4 Å². The van der Waals surface area contributed by atoms with E-state index < -0.39 is 0 Å². The number of allylic oxidation sites excluding steroid dienone is 1. The minimum absolute atomic E-state index is 0.225. The van der Waals surface area contributed by atoms with Crippen LogP contribution in [0.4, 0.5) is 17.3 Å². The van der Waals surface area contributed by atoms with Crippen LogP contribution in [-0.2, 0) is 6.54 Å². The normalized spacial score (nSPS) is 14.1. The Morgan fingerprint density at radius 1 is 0.951 bits per heavy atom. The largest absolute Gasteiger partial charge is 0.369 e. The highest BCUT2D eigenvalue weighted by Gasteiger charge is 2.20. The summed E-state index contributed by atoms with van der Waals surface area (Å²) in [6.45, 7) is 12.7. The summed E-state index contributed by atoms with van der Waals surface area (Å²) < 4.78 is 3.24. The molecule has 1 aliphatic rings. The molecule has 1 aromatic carbocycles. The number of fused-ring (bicyclic) bond motifs is 1. The first-order valence-electron chi connectivity index (χ1n) is 13.7. The van der Waals surface area contributed by atoms with Crippen molar-refractivity contribution in [3.63, 3.8) is 0 Å². The van der Waals surface area contributed by atoms with Crippen molar-refractivity contribution in [3.05, 3.63) is 90.1 Å². The van der Waals surface area contributed by atoms with Gasteiger partial charge in [0.1, 0.15) is 11.1 Å². The standard InChI is InChI=1S/C30H32N10O/c1-4-15-39-29(41)24-20-33-30(34-22-9-11-23(12-10-22)38-18-16-37(17-19-38)21(2)3)36-28(24)40(39)26-8-5-7-25(35-26)27-31-13-6-14-32-27/h4-14,20-21H,1,15-19H2,2-3H3,(H,33,34,36). The van der Waals surface area contributed by atoms with E-state index in [0.717, 1.165) is 31.9 Å². The van der Waals surface area contributed by atoms with Crippen molar-refractivity contribution in [3.8, 4) is 17.3 Å². The van der Waals surface area contributed by atoms with Crippen LogP contribution in [0, 0.1) is 0 Å². The first-order valence-corrected chi connectivity index (χ1v) is 13.7. The first kappa shape index (κ1) is 26.3. The van der Waals surface area contributed by atoms with Crippen molar-refractivity contribution < 1.29 is 0 Å². The lowest BCUT2D eigenvalue weighted by Gasteiger charge is -2.38. The molecule has 0 radical (unpaired) electrons. The lowest BCUT2D eigenvalue weighted by atomic mass is 10.2. The smallest absolute Gasteiger partial charge is 0.278 e. The molecule has 1 saturated heterocycles. The first-order chi connectivity index (χ1) is 20.0. The number of anilines is 3. The molecule has 1 aliphatic heterocycles. The van der Waals surface area contributed by atoms with Gasteiger partial charge in [0.05, 0.1) is 6.54 Å². The monoisotopic (exact) mass is 548 g/mol. The molecule has 0 saturated carbocycles. The molecule has 0 atom stereocenters. The Morgan fingerprint density at radius 3 is 2.41 bits per heavy atom. The summed E-state index contributed by atoms with van der Waals surface area (Å²) >= 11 is 0. The molecule has 0 spiro atoms. The highest BCUT2D eigenvalue weighted by molar-refractivity contribution is 5.77. The van der Waals surface area contributed by atoms with Crippen LogP contribution in [0.25, 0.3) is 28.4 Å². The summed E-state index contributed by atoms with van der Waals surface area (Å²) in [7, 11) is 0. The zero-order valence-electron chi connectivity index (χ0n) is 23.2. The summed E-state index contributed by atoms with van der Waals surface area (Å²) in [5.74, 6) is 1.38. The van der Waals surface area contributed by atoms with Crippen molar-refractivity contribution in [2.75, 3.05) is 36.4 Å². The molecule has 5 aromatic rings. The van der Waals surface area contributed by atoms with Crippen LogP contribution in [0.5, 0.6) is 0 Å². The van der Waals surface area contributed by atoms with Crippen LogP contribution in [0.3, 0.4) is 0 Å². The predicted octanol–water partition coefficient (Wildman–Crippen LogP) is 3.89. The van der Waals surface area contributed by atoms with Crippen molar-refractivity contribution in [1.82, 2.24) is 39.2 Å². The second kappa shape index (κ2) is 11.3. The maximum Gasteiger partial charge on any atom is 0.278 e. The molecular weight excluding hydrogens is 516 g/mol. The average Bonchev–Trinajstić information content (AvgIpc) is 3.28. The molecular formula is C30H32N10O. The van der Waals surface area contributed by atoms with Gasteiger partial charge in [-0.3, -0.25) is 9.69 Å². The fraction of sp³-hybridized carbons (Fsp3) is 0.267. The van der Waals surface area contributed by atoms with Crippen LogP contribution < -0.4 is 15.8 Å². The molecule has 208 valence electrons. The number of hydrogen-bond donors (Lipinski definition) is 1. The van der Waals surface area contributed by atoms with E-state index in [-0.39, 0.29) is 12.1 Å². The van der Waals surface area contributed by atoms with Crippen LogP contribution in [0.2, 0.25) is 0 Å². The van der Waals surface area contributed by atoms with E-state index in [2.05, 4.69) is 62.6 Å². The minimum Gasteiger partial charge on any atom is -0.369 e. The predicted molar refractivity (Wildman–Crippen MR) is 161 cm³/mol. The molecule has 1 fully saturated rings. The van der Waals surface area contributed by atoms with Gasteiger partial charge in [-0.1, -0.05) is 12.1 Å². The van der Waals surface area contributed by atoms with Gasteiger partial charge in [-0.15, -0.1) is 6.58 Å². The highest BCUT2D eigenvalue weighted by Crippen LogP contribution is 2.23. The van der Waals surface area contributed by atoms with E-state index in [9.17, 15) is 4.79 Å². The van der Waals surface area contributed by atoms with Gasteiger partial charge in [-0.05, 0) is 56.3 Å². The number of aromatic nitrogens is 7. The SMILES string of the molecule is C=CCn1c(=O)c2cnc(Nc3ccc(N4CCN(C(C)C)CC4)cc3)nc2n1-c1cccc(-c2ncccn2)n1. The van der Waals surface area contributed by atoms with Gasteiger partial charge in [0.25, 0.3) is 5.56 Å². The van der Waals surface area contributed by atoms with Crippen molar-refractivity contribution in [2.45, 2.75) is 26.4 Å².